The Labute approximate surface area is 132 Å². The van der Waals surface area contributed by atoms with Gasteiger partial charge in [0.2, 0.25) is 5.58 Å². The molecule has 1 heterocycles. The van der Waals surface area contributed by atoms with Crippen LogP contribution in [0.3, 0.4) is 0 Å². The fourth-order valence-electron chi connectivity index (χ4n) is 1.81. The van der Waals surface area contributed by atoms with Crippen LogP contribution in [0, 0.1) is 0 Å². The van der Waals surface area contributed by atoms with Gasteiger partial charge in [-0.25, -0.2) is 19.2 Å². The first-order valence-electron chi connectivity index (χ1n) is 6.60. The standard InChI is InChI=1S/C16H8O8/c17-13(21-9-5-2-1-3-6-9)14(18)22-10-7-4-8-11-12(10)24-16(20)15(19)23-11/h1-8H. The highest BCUT2D eigenvalue weighted by molar-refractivity contribution is 6.31. The summed E-state index contributed by atoms with van der Waals surface area (Å²) in [7, 11) is 0. The Hall–Kier alpha value is -3.68. The number of hydrogen-bond acceptors (Lipinski definition) is 8. The number of esters is 2. The monoisotopic (exact) mass is 328 g/mol. The van der Waals surface area contributed by atoms with Crippen LogP contribution in [0.1, 0.15) is 0 Å². The number of benzene rings is 2. The molecule has 0 amide bonds. The van der Waals surface area contributed by atoms with Gasteiger partial charge in [0.15, 0.2) is 11.3 Å². The van der Waals surface area contributed by atoms with Gasteiger partial charge >= 0.3 is 23.2 Å². The van der Waals surface area contributed by atoms with Crippen LogP contribution in [0.2, 0.25) is 0 Å². The summed E-state index contributed by atoms with van der Waals surface area (Å²) in [5, 5.41) is 0. The van der Waals surface area contributed by atoms with Crippen molar-refractivity contribution in [3.8, 4) is 11.5 Å². The molecule has 120 valence electrons. The highest BCUT2D eigenvalue weighted by Crippen LogP contribution is 2.23. The second-order valence-corrected chi connectivity index (χ2v) is 4.45. The highest BCUT2D eigenvalue weighted by Gasteiger charge is 2.22. The second-order valence-electron chi connectivity index (χ2n) is 4.45. The van der Waals surface area contributed by atoms with Gasteiger partial charge in [0.05, 0.1) is 0 Å². The fourth-order valence-corrected chi connectivity index (χ4v) is 1.81. The summed E-state index contributed by atoms with van der Waals surface area (Å²) < 4.78 is 19.1. The Bertz CT molecular complexity index is 1030. The molecule has 0 saturated carbocycles. The number of ether oxygens (including phenoxy) is 2. The van der Waals surface area contributed by atoms with Crippen LogP contribution in [0.5, 0.6) is 11.5 Å². The molecule has 0 spiro atoms. The van der Waals surface area contributed by atoms with E-state index in [9.17, 15) is 19.2 Å². The Kier molecular flexibility index (Phi) is 3.94. The lowest BCUT2D eigenvalue weighted by atomic mass is 10.3. The average Bonchev–Trinajstić information content (AvgIpc) is 2.57. The maximum atomic E-state index is 11.8. The smallest absolute Gasteiger partial charge is 0.418 e. The van der Waals surface area contributed by atoms with Crippen LogP contribution in [-0.4, -0.2) is 11.9 Å². The largest absolute Gasteiger partial charge is 0.423 e. The van der Waals surface area contributed by atoms with Gasteiger partial charge in [0.25, 0.3) is 0 Å². The quantitative estimate of drug-likeness (QED) is 0.392. The third-order valence-electron chi connectivity index (χ3n) is 2.83. The molecule has 24 heavy (non-hydrogen) atoms. The van der Waals surface area contributed by atoms with Crippen molar-refractivity contribution in [3.05, 3.63) is 69.4 Å². The minimum atomic E-state index is -1.33. The minimum absolute atomic E-state index is 0.110. The summed E-state index contributed by atoms with van der Waals surface area (Å²) in [5.74, 6) is -2.70. The number of fused-ring (bicyclic) bond motifs is 1. The first-order chi connectivity index (χ1) is 11.5. The van der Waals surface area contributed by atoms with Crippen LogP contribution in [0.15, 0.2) is 67.0 Å². The summed E-state index contributed by atoms with van der Waals surface area (Å²) in [6.45, 7) is 0. The van der Waals surface area contributed by atoms with E-state index in [1.165, 1.54) is 30.3 Å². The molecule has 0 atom stereocenters. The van der Waals surface area contributed by atoms with Crippen molar-refractivity contribution in [3.63, 3.8) is 0 Å². The van der Waals surface area contributed by atoms with Gasteiger partial charge in [-0.05, 0) is 24.3 Å². The summed E-state index contributed by atoms with van der Waals surface area (Å²) in [4.78, 5) is 45.9. The zero-order chi connectivity index (χ0) is 17.1. The molecule has 8 heteroatoms. The predicted octanol–water partition coefficient (Wildman–Crippen LogP) is 1.26. The SMILES string of the molecule is O=C(Oc1ccccc1)C(=O)Oc1cccc2oc(=O)c(=O)oc12. The normalized spacial score (nSPS) is 10.3. The fraction of sp³-hybridized carbons (Fsp3) is 0. The van der Waals surface area contributed by atoms with Crippen molar-refractivity contribution in [1.82, 2.24) is 0 Å². The van der Waals surface area contributed by atoms with E-state index in [4.69, 9.17) is 18.3 Å². The van der Waals surface area contributed by atoms with Gasteiger partial charge in [0, 0.05) is 0 Å². The van der Waals surface area contributed by atoms with Crippen LogP contribution >= 0.6 is 0 Å². The van der Waals surface area contributed by atoms with Crippen molar-refractivity contribution >= 4 is 23.1 Å². The Balaban J connectivity index is 1.85. The molecule has 0 radical (unpaired) electrons. The molecule has 1 aromatic heterocycles. The first-order valence-corrected chi connectivity index (χ1v) is 6.60. The summed E-state index contributed by atoms with van der Waals surface area (Å²) >= 11 is 0. The Morgan fingerprint density at radius 1 is 0.750 bits per heavy atom. The van der Waals surface area contributed by atoms with E-state index in [1.807, 2.05) is 0 Å². The molecular weight excluding hydrogens is 320 g/mol. The Morgan fingerprint density at radius 2 is 1.42 bits per heavy atom. The minimum Gasteiger partial charge on any atom is -0.418 e. The first kappa shape index (κ1) is 15.2. The van der Waals surface area contributed by atoms with E-state index < -0.39 is 23.2 Å². The maximum absolute atomic E-state index is 11.8. The lowest BCUT2D eigenvalue weighted by Crippen LogP contribution is -2.26. The van der Waals surface area contributed by atoms with E-state index >= 15 is 0 Å². The molecule has 8 nitrogen and oxygen atoms in total. The van der Waals surface area contributed by atoms with Crippen LogP contribution in [-0.2, 0) is 9.59 Å². The van der Waals surface area contributed by atoms with Crippen molar-refractivity contribution in [1.29, 1.82) is 0 Å². The van der Waals surface area contributed by atoms with Crippen molar-refractivity contribution in [2.45, 2.75) is 0 Å². The van der Waals surface area contributed by atoms with E-state index in [-0.39, 0.29) is 22.7 Å². The summed E-state index contributed by atoms with van der Waals surface area (Å²) in [6.07, 6.45) is 0. The average molecular weight is 328 g/mol. The van der Waals surface area contributed by atoms with Gasteiger partial charge in [0.1, 0.15) is 5.75 Å². The maximum Gasteiger partial charge on any atom is 0.423 e. The molecule has 0 aliphatic rings. The van der Waals surface area contributed by atoms with Crippen LogP contribution in [0.25, 0.3) is 11.2 Å². The Morgan fingerprint density at radius 3 is 2.17 bits per heavy atom. The van der Waals surface area contributed by atoms with E-state index in [0.717, 1.165) is 0 Å². The zero-order valence-corrected chi connectivity index (χ0v) is 11.9. The molecule has 0 aliphatic carbocycles. The molecule has 3 rings (SSSR count). The predicted molar refractivity (Wildman–Crippen MR) is 78.7 cm³/mol. The van der Waals surface area contributed by atoms with Gasteiger partial charge in [-0.15, -0.1) is 0 Å². The van der Waals surface area contributed by atoms with E-state index in [1.54, 1.807) is 18.2 Å². The molecule has 2 aromatic carbocycles. The van der Waals surface area contributed by atoms with Crippen molar-refractivity contribution in [2.24, 2.45) is 0 Å². The van der Waals surface area contributed by atoms with E-state index in [0.29, 0.717) is 0 Å². The highest BCUT2D eigenvalue weighted by atomic mass is 16.6. The van der Waals surface area contributed by atoms with Gasteiger partial charge in [-0.3, -0.25) is 0 Å². The van der Waals surface area contributed by atoms with Crippen molar-refractivity contribution < 1.29 is 27.9 Å². The molecular formula is C16H8O8. The van der Waals surface area contributed by atoms with Gasteiger partial charge in [-0.2, -0.15) is 0 Å². The molecule has 0 bridgehead atoms. The molecule has 0 saturated heterocycles. The zero-order valence-electron chi connectivity index (χ0n) is 11.9. The number of hydrogen-bond donors (Lipinski definition) is 0. The van der Waals surface area contributed by atoms with Crippen LogP contribution < -0.4 is 20.7 Å². The lowest BCUT2D eigenvalue weighted by molar-refractivity contribution is -0.156. The molecule has 0 aliphatic heterocycles. The molecule has 0 unspecified atom stereocenters. The molecule has 0 fully saturated rings. The topological polar surface area (TPSA) is 113 Å². The second kappa shape index (κ2) is 6.21. The summed E-state index contributed by atoms with van der Waals surface area (Å²) in [5.41, 5.74) is -2.85. The van der Waals surface area contributed by atoms with Gasteiger partial charge in [-0.1, -0.05) is 24.3 Å². The third kappa shape index (κ3) is 3.07. The number of carbonyl (C=O) groups is 2. The number of rotatable bonds is 2. The number of carbonyl (C=O) groups excluding carboxylic acids is 2. The third-order valence-corrected chi connectivity index (χ3v) is 2.83. The molecule has 0 N–H and O–H groups in total. The van der Waals surface area contributed by atoms with Gasteiger partial charge < -0.3 is 18.3 Å². The lowest BCUT2D eigenvalue weighted by Gasteiger charge is -2.05. The number of para-hydroxylation sites is 2. The van der Waals surface area contributed by atoms with Crippen molar-refractivity contribution in [2.75, 3.05) is 0 Å². The molecule has 3 aromatic rings. The summed E-state index contributed by atoms with van der Waals surface area (Å²) in [6, 6.07) is 11.9. The van der Waals surface area contributed by atoms with Crippen LogP contribution in [0.4, 0.5) is 0 Å². The van der Waals surface area contributed by atoms with E-state index in [2.05, 4.69) is 0 Å².